The zero-order valence-electron chi connectivity index (χ0n) is 10.7. The summed E-state index contributed by atoms with van der Waals surface area (Å²) in [5.41, 5.74) is 2.29. The van der Waals surface area contributed by atoms with E-state index in [1.54, 1.807) is 0 Å². The number of anilines is 1. The molecule has 0 saturated carbocycles. The molecule has 2 aliphatic rings. The van der Waals surface area contributed by atoms with Gasteiger partial charge in [0.1, 0.15) is 6.04 Å². The molecule has 19 heavy (non-hydrogen) atoms. The number of allylic oxidation sites excluding steroid dienone is 2. The van der Waals surface area contributed by atoms with E-state index in [9.17, 15) is 4.79 Å². The predicted octanol–water partition coefficient (Wildman–Crippen LogP) is 3.47. The average Bonchev–Trinajstić information content (AvgIpc) is 2.87. The Hall–Kier alpha value is -1.29. The second-order valence-corrected chi connectivity index (χ2v) is 5.87. The summed E-state index contributed by atoms with van der Waals surface area (Å²) in [4.78, 5) is 12.1. The molecule has 3 atom stereocenters. The van der Waals surface area contributed by atoms with Crippen LogP contribution in [-0.4, -0.2) is 18.6 Å². The van der Waals surface area contributed by atoms with Gasteiger partial charge in [0.25, 0.3) is 0 Å². The number of nitrogens with one attached hydrogen (secondary N) is 1. The Morgan fingerprint density at radius 1 is 1.53 bits per heavy atom. The molecule has 1 N–H and O–H groups in total. The minimum absolute atomic E-state index is 0.144. The van der Waals surface area contributed by atoms with Gasteiger partial charge in [-0.15, -0.1) is 0 Å². The fraction of sp³-hybridized carbons (Fsp3) is 0.400. The quantitative estimate of drug-likeness (QED) is 0.669. The number of halogens is 1. The molecule has 0 bridgehead atoms. The smallest absolute Gasteiger partial charge is 0.328 e. The molecule has 1 aromatic carbocycles. The van der Waals surface area contributed by atoms with Gasteiger partial charge in [-0.1, -0.05) is 28.1 Å². The van der Waals surface area contributed by atoms with Crippen LogP contribution in [0.25, 0.3) is 0 Å². The summed E-state index contributed by atoms with van der Waals surface area (Å²) in [5.74, 6) is 0.429. The molecule has 3 nitrogen and oxygen atoms in total. The van der Waals surface area contributed by atoms with Crippen molar-refractivity contribution < 1.29 is 9.53 Å². The van der Waals surface area contributed by atoms with Gasteiger partial charge in [0.15, 0.2) is 0 Å². The van der Waals surface area contributed by atoms with E-state index in [1.165, 1.54) is 5.56 Å². The maximum atomic E-state index is 12.1. The van der Waals surface area contributed by atoms with E-state index in [1.807, 2.05) is 19.1 Å². The standard InChI is InChI=1S/C15H16BrNO2/c1-2-19-15(18)14-11-5-3-4-10(11)12-8-9(16)6-7-13(12)17-14/h3-4,6-8,10-11,14,17H,2,5H2,1H3/t10-,11-,14+/m1/s1. The SMILES string of the molecule is CCOC(=O)[C@H]1Nc2ccc(Br)cc2[C@@H]2C=CC[C@@H]12. The van der Waals surface area contributed by atoms with Crippen molar-refractivity contribution in [2.75, 3.05) is 11.9 Å². The van der Waals surface area contributed by atoms with Crippen molar-refractivity contribution in [1.82, 2.24) is 0 Å². The maximum absolute atomic E-state index is 12.1. The first-order valence-electron chi connectivity index (χ1n) is 6.60. The normalized spacial score (nSPS) is 27.4. The molecule has 1 heterocycles. The van der Waals surface area contributed by atoms with Crippen LogP contribution < -0.4 is 5.32 Å². The summed E-state index contributed by atoms with van der Waals surface area (Å²) in [6.45, 7) is 2.27. The van der Waals surface area contributed by atoms with Crippen LogP contribution in [0.3, 0.4) is 0 Å². The van der Waals surface area contributed by atoms with Gasteiger partial charge in [-0.25, -0.2) is 4.79 Å². The van der Waals surface area contributed by atoms with Gasteiger partial charge in [0, 0.05) is 22.0 Å². The summed E-state index contributed by atoms with van der Waals surface area (Å²) >= 11 is 3.51. The van der Waals surface area contributed by atoms with Crippen LogP contribution in [-0.2, 0) is 9.53 Å². The van der Waals surface area contributed by atoms with Crippen LogP contribution in [0.5, 0.6) is 0 Å². The lowest BCUT2D eigenvalue weighted by Gasteiger charge is -2.35. The second kappa shape index (κ2) is 5.00. The van der Waals surface area contributed by atoms with E-state index in [0.29, 0.717) is 12.5 Å². The Morgan fingerprint density at radius 3 is 3.16 bits per heavy atom. The molecule has 0 spiro atoms. The molecule has 3 rings (SSSR count). The minimum Gasteiger partial charge on any atom is -0.464 e. The monoisotopic (exact) mass is 321 g/mol. The fourth-order valence-electron chi connectivity index (χ4n) is 3.03. The third-order valence-corrected chi connectivity index (χ3v) is 4.36. The van der Waals surface area contributed by atoms with Crippen molar-refractivity contribution in [1.29, 1.82) is 0 Å². The molecule has 4 heteroatoms. The lowest BCUT2D eigenvalue weighted by atomic mass is 9.79. The number of carbonyl (C=O) groups is 1. The Balaban J connectivity index is 1.97. The molecule has 1 aliphatic heterocycles. The Morgan fingerprint density at radius 2 is 2.37 bits per heavy atom. The summed E-state index contributed by atoms with van der Waals surface area (Å²) in [5, 5.41) is 3.34. The van der Waals surface area contributed by atoms with E-state index in [4.69, 9.17) is 4.74 Å². The lowest BCUT2D eigenvalue weighted by Crippen LogP contribution is -2.42. The van der Waals surface area contributed by atoms with Gasteiger partial charge in [-0.05, 0) is 37.1 Å². The van der Waals surface area contributed by atoms with E-state index in [-0.39, 0.29) is 17.9 Å². The Labute approximate surface area is 121 Å². The molecule has 0 saturated heterocycles. The van der Waals surface area contributed by atoms with E-state index >= 15 is 0 Å². The lowest BCUT2D eigenvalue weighted by molar-refractivity contribution is -0.145. The molecule has 1 aliphatic carbocycles. The number of esters is 1. The number of carbonyl (C=O) groups excluding carboxylic acids is 1. The first-order valence-corrected chi connectivity index (χ1v) is 7.39. The molecule has 1 aromatic rings. The highest BCUT2D eigenvalue weighted by Crippen LogP contribution is 2.45. The summed E-state index contributed by atoms with van der Waals surface area (Å²) in [6.07, 6.45) is 5.30. The summed E-state index contributed by atoms with van der Waals surface area (Å²) in [7, 11) is 0. The van der Waals surface area contributed by atoms with Crippen molar-refractivity contribution in [3.05, 3.63) is 40.4 Å². The first-order chi connectivity index (χ1) is 9.20. The minimum atomic E-state index is -0.242. The first kappa shape index (κ1) is 12.7. The van der Waals surface area contributed by atoms with Crippen molar-refractivity contribution in [2.45, 2.75) is 25.3 Å². The van der Waals surface area contributed by atoms with E-state index < -0.39 is 0 Å². The average molecular weight is 322 g/mol. The molecule has 0 unspecified atom stereocenters. The number of rotatable bonds is 2. The summed E-state index contributed by atoms with van der Waals surface area (Å²) < 4.78 is 6.26. The highest BCUT2D eigenvalue weighted by atomic mass is 79.9. The third-order valence-electron chi connectivity index (χ3n) is 3.87. The highest BCUT2D eigenvalue weighted by Gasteiger charge is 2.41. The van der Waals surface area contributed by atoms with Crippen LogP contribution in [0.15, 0.2) is 34.8 Å². The third kappa shape index (κ3) is 2.18. The Kier molecular flexibility index (Phi) is 3.35. The van der Waals surface area contributed by atoms with Gasteiger partial charge in [0.2, 0.25) is 0 Å². The molecule has 0 fully saturated rings. The number of fused-ring (bicyclic) bond motifs is 3. The zero-order chi connectivity index (χ0) is 13.4. The van der Waals surface area contributed by atoms with Crippen molar-refractivity contribution in [2.24, 2.45) is 5.92 Å². The number of hydrogen-bond donors (Lipinski definition) is 1. The zero-order valence-corrected chi connectivity index (χ0v) is 12.3. The molecule has 0 amide bonds. The van der Waals surface area contributed by atoms with Crippen molar-refractivity contribution >= 4 is 27.6 Å². The number of benzene rings is 1. The van der Waals surface area contributed by atoms with Gasteiger partial charge < -0.3 is 10.1 Å². The molecular formula is C15H16BrNO2. The van der Waals surface area contributed by atoms with Gasteiger partial charge >= 0.3 is 5.97 Å². The second-order valence-electron chi connectivity index (χ2n) is 4.96. The molecule has 100 valence electrons. The predicted molar refractivity (Wildman–Crippen MR) is 78.2 cm³/mol. The van der Waals surface area contributed by atoms with Crippen LogP contribution >= 0.6 is 15.9 Å². The van der Waals surface area contributed by atoms with Gasteiger partial charge in [-0.3, -0.25) is 0 Å². The van der Waals surface area contributed by atoms with Crippen LogP contribution in [0, 0.1) is 5.92 Å². The van der Waals surface area contributed by atoms with Gasteiger partial charge in [-0.2, -0.15) is 0 Å². The number of ether oxygens (including phenoxy) is 1. The Bertz CT molecular complexity index is 541. The largest absolute Gasteiger partial charge is 0.464 e. The van der Waals surface area contributed by atoms with Gasteiger partial charge in [0.05, 0.1) is 6.61 Å². The summed E-state index contributed by atoms with van der Waals surface area (Å²) in [6, 6.07) is 5.91. The number of hydrogen-bond acceptors (Lipinski definition) is 3. The van der Waals surface area contributed by atoms with E-state index in [2.05, 4.69) is 39.5 Å². The molecule has 0 radical (unpaired) electrons. The van der Waals surface area contributed by atoms with Crippen LogP contribution in [0.2, 0.25) is 0 Å². The topological polar surface area (TPSA) is 38.3 Å². The van der Waals surface area contributed by atoms with Crippen LogP contribution in [0.1, 0.15) is 24.8 Å². The molecule has 0 aromatic heterocycles. The van der Waals surface area contributed by atoms with Crippen molar-refractivity contribution in [3.63, 3.8) is 0 Å². The van der Waals surface area contributed by atoms with E-state index in [0.717, 1.165) is 16.6 Å². The molecular weight excluding hydrogens is 306 g/mol. The van der Waals surface area contributed by atoms with Crippen molar-refractivity contribution in [3.8, 4) is 0 Å². The van der Waals surface area contributed by atoms with Crippen LogP contribution in [0.4, 0.5) is 5.69 Å². The maximum Gasteiger partial charge on any atom is 0.328 e. The fourth-order valence-corrected chi connectivity index (χ4v) is 3.41. The highest BCUT2D eigenvalue weighted by molar-refractivity contribution is 9.10.